The predicted octanol–water partition coefficient (Wildman–Crippen LogP) is 0.561. The van der Waals surface area contributed by atoms with Gasteiger partial charge < -0.3 is 10.1 Å². The molecular weight excluding hydrogens is 176 g/mol. The number of fused-ring (bicyclic) bond motifs is 1. The molecule has 2 aliphatic heterocycles. The van der Waals surface area contributed by atoms with Gasteiger partial charge in [-0.3, -0.25) is 4.90 Å². The van der Waals surface area contributed by atoms with Gasteiger partial charge in [-0.25, -0.2) is 0 Å². The molecule has 3 nitrogen and oxygen atoms in total. The summed E-state index contributed by atoms with van der Waals surface area (Å²) in [6.07, 6.45) is 0.349. The molecule has 2 saturated heterocycles. The first-order valence-corrected chi connectivity index (χ1v) is 5.70. The van der Waals surface area contributed by atoms with Crippen molar-refractivity contribution in [2.45, 2.75) is 26.0 Å². The molecule has 1 N–H and O–H groups in total. The number of nitrogens with one attached hydrogen (secondary N) is 1. The molecule has 2 heterocycles. The van der Waals surface area contributed by atoms with Crippen LogP contribution in [0.2, 0.25) is 0 Å². The van der Waals surface area contributed by atoms with Crippen LogP contribution in [0, 0.1) is 11.8 Å². The van der Waals surface area contributed by atoms with Gasteiger partial charge in [-0.2, -0.15) is 0 Å². The fourth-order valence-corrected chi connectivity index (χ4v) is 2.72. The summed E-state index contributed by atoms with van der Waals surface area (Å²) >= 11 is 0. The molecule has 0 aliphatic carbocycles. The summed E-state index contributed by atoms with van der Waals surface area (Å²) in [4.78, 5) is 2.59. The van der Waals surface area contributed by atoms with Crippen LogP contribution in [-0.2, 0) is 4.74 Å². The Morgan fingerprint density at radius 3 is 2.29 bits per heavy atom. The molecule has 0 aromatic carbocycles. The van der Waals surface area contributed by atoms with Gasteiger partial charge in [-0.15, -0.1) is 0 Å². The van der Waals surface area contributed by atoms with E-state index >= 15 is 0 Å². The van der Waals surface area contributed by atoms with Crippen molar-refractivity contribution in [2.24, 2.45) is 11.8 Å². The van der Waals surface area contributed by atoms with Crippen molar-refractivity contribution in [1.82, 2.24) is 10.2 Å². The largest absolute Gasteiger partial charge is 0.380 e. The first-order valence-electron chi connectivity index (χ1n) is 5.70. The van der Waals surface area contributed by atoms with Crippen LogP contribution < -0.4 is 5.32 Å². The summed E-state index contributed by atoms with van der Waals surface area (Å²) in [5.74, 6) is 1.78. The lowest BCUT2D eigenvalue weighted by atomic mass is 10.0. The highest BCUT2D eigenvalue weighted by Crippen LogP contribution is 2.28. The summed E-state index contributed by atoms with van der Waals surface area (Å²) in [6.45, 7) is 9.39. The minimum Gasteiger partial charge on any atom is -0.380 e. The normalized spacial score (nSPS) is 37.1. The smallest absolute Gasteiger partial charge is 0.0695 e. The van der Waals surface area contributed by atoms with E-state index in [2.05, 4.69) is 24.1 Å². The number of methoxy groups -OCH3 is 1. The molecule has 4 atom stereocenters. The Kier molecular flexibility index (Phi) is 3.10. The summed E-state index contributed by atoms with van der Waals surface area (Å²) < 4.78 is 5.39. The van der Waals surface area contributed by atoms with E-state index in [1.165, 1.54) is 26.2 Å². The molecule has 2 aliphatic rings. The second-order valence-electron chi connectivity index (χ2n) is 4.81. The van der Waals surface area contributed by atoms with E-state index in [4.69, 9.17) is 4.74 Å². The minimum absolute atomic E-state index is 0.349. The molecule has 2 rings (SSSR count). The lowest BCUT2D eigenvalue weighted by Gasteiger charge is -2.29. The SMILES string of the molecule is COC(C)C(C)N1C[C@H]2CNC[C@H]2C1. The zero-order valence-corrected chi connectivity index (χ0v) is 9.49. The number of ether oxygens (including phenoxy) is 1. The summed E-state index contributed by atoms with van der Waals surface area (Å²) in [7, 11) is 1.81. The highest BCUT2D eigenvalue weighted by molar-refractivity contribution is 4.93. The average Bonchev–Trinajstić information content (AvgIpc) is 2.74. The molecule has 0 bridgehead atoms. The van der Waals surface area contributed by atoms with Gasteiger partial charge >= 0.3 is 0 Å². The van der Waals surface area contributed by atoms with Crippen LogP contribution in [0.3, 0.4) is 0 Å². The summed E-state index contributed by atoms with van der Waals surface area (Å²) in [6, 6.07) is 0.561. The third-order valence-corrected chi connectivity index (χ3v) is 4.04. The third-order valence-electron chi connectivity index (χ3n) is 4.04. The van der Waals surface area contributed by atoms with Crippen LogP contribution in [0.4, 0.5) is 0 Å². The third kappa shape index (κ3) is 1.81. The molecule has 0 radical (unpaired) electrons. The number of likely N-dealkylation sites (tertiary alicyclic amines) is 1. The Balaban J connectivity index is 1.89. The van der Waals surface area contributed by atoms with Crippen molar-refractivity contribution in [3.05, 3.63) is 0 Å². The first-order chi connectivity index (χ1) is 6.72. The standard InChI is InChI=1S/C11H22N2O/c1-8(9(2)14-3)13-6-10-4-12-5-11(10)7-13/h8-12H,4-7H2,1-3H3/t8?,9?,10-,11+. The van der Waals surface area contributed by atoms with Crippen molar-refractivity contribution < 1.29 is 4.74 Å². The number of hydrogen-bond acceptors (Lipinski definition) is 3. The Hall–Kier alpha value is -0.120. The van der Waals surface area contributed by atoms with Crippen LogP contribution in [0.1, 0.15) is 13.8 Å². The van der Waals surface area contributed by atoms with Gasteiger partial charge in [0.05, 0.1) is 6.10 Å². The fraction of sp³-hybridized carbons (Fsp3) is 1.00. The number of hydrogen-bond donors (Lipinski definition) is 1. The van der Waals surface area contributed by atoms with Gasteiger partial charge in [0.15, 0.2) is 0 Å². The van der Waals surface area contributed by atoms with Crippen molar-refractivity contribution in [2.75, 3.05) is 33.3 Å². The van der Waals surface area contributed by atoms with Crippen molar-refractivity contribution in [3.8, 4) is 0 Å². The van der Waals surface area contributed by atoms with E-state index in [9.17, 15) is 0 Å². The summed E-state index contributed by atoms with van der Waals surface area (Å²) in [5, 5.41) is 3.47. The van der Waals surface area contributed by atoms with Gasteiger partial charge in [0.1, 0.15) is 0 Å². The lowest BCUT2D eigenvalue weighted by Crippen LogP contribution is -2.41. The van der Waals surface area contributed by atoms with Crippen LogP contribution >= 0.6 is 0 Å². The Bertz CT molecular complexity index is 186. The van der Waals surface area contributed by atoms with Crippen LogP contribution in [0.25, 0.3) is 0 Å². The van der Waals surface area contributed by atoms with Gasteiger partial charge in [0.2, 0.25) is 0 Å². The highest BCUT2D eigenvalue weighted by Gasteiger charge is 2.38. The second-order valence-corrected chi connectivity index (χ2v) is 4.81. The maximum Gasteiger partial charge on any atom is 0.0695 e. The molecule has 3 heteroatoms. The van der Waals surface area contributed by atoms with Gasteiger partial charge in [-0.1, -0.05) is 0 Å². The molecule has 2 unspecified atom stereocenters. The maximum atomic E-state index is 5.39. The molecule has 2 fully saturated rings. The van der Waals surface area contributed by atoms with Gasteiger partial charge in [0, 0.05) is 26.2 Å². The Morgan fingerprint density at radius 1 is 1.21 bits per heavy atom. The van der Waals surface area contributed by atoms with E-state index in [1.807, 2.05) is 0 Å². The first kappa shape index (κ1) is 10.4. The number of nitrogens with zero attached hydrogens (tertiary/aromatic N) is 1. The molecule has 0 aromatic rings. The lowest BCUT2D eigenvalue weighted by molar-refractivity contribution is 0.0402. The molecule has 14 heavy (non-hydrogen) atoms. The van der Waals surface area contributed by atoms with E-state index in [0.29, 0.717) is 12.1 Å². The molecular formula is C11H22N2O. The monoisotopic (exact) mass is 198 g/mol. The molecule has 82 valence electrons. The van der Waals surface area contributed by atoms with E-state index < -0.39 is 0 Å². The van der Waals surface area contributed by atoms with E-state index in [-0.39, 0.29) is 0 Å². The van der Waals surface area contributed by atoms with Crippen molar-refractivity contribution in [3.63, 3.8) is 0 Å². The number of rotatable bonds is 3. The Labute approximate surface area is 86.8 Å². The highest BCUT2D eigenvalue weighted by atomic mass is 16.5. The van der Waals surface area contributed by atoms with Crippen molar-refractivity contribution in [1.29, 1.82) is 0 Å². The van der Waals surface area contributed by atoms with Gasteiger partial charge in [0.25, 0.3) is 0 Å². The van der Waals surface area contributed by atoms with E-state index in [0.717, 1.165) is 11.8 Å². The molecule has 0 amide bonds. The van der Waals surface area contributed by atoms with Crippen molar-refractivity contribution >= 4 is 0 Å². The minimum atomic E-state index is 0.349. The molecule has 0 aromatic heterocycles. The van der Waals surface area contributed by atoms with Crippen LogP contribution in [-0.4, -0.2) is 50.3 Å². The Morgan fingerprint density at radius 2 is 1.79 bits per heavy atom. The molecule has 0 spiro atoms. The van der Waals surface area contributed by atoms with Gasteiger partial charge in [-0.05, 0) is 38.8 Å². The zero-order valence-electron chi connectivity index (χ0n) is 9.49. The maximum absolute atomic E-state index is 5.39. The summed E-state index contributed by atoms with van der Waals surface area (Å²) in [5.41, 5.74) is 0. The topological polar surface area (TPSA) is 24.5 Å². The average molecular weight is 198 g/mol. The van der Waals surface area contributed by atoms with Crippen LogP contribution in [0.15, 0.2) is 0 Å². The van der Waals surface area contributed by atoms with Crippen LogP contribution in [0.5, 0.6) is 0 Å². The second kappa shape index (κ2) is 4.17. The molecule has 0 saturated carbocycles. The predicted molar refractivity (Wildman–Crippen MR) is 57.4 cm³/mol. The quantitative estimate of drug-likeness (QED) is 0.717. The zero-order chi connectivity index (χ0) is 10.1. The fourth-order valence-electron chi connectivity index (χ4n) is 2.72. The van der Waals surface area contributed by atoms with E-state index in [1.54, 1.807) is 7.11 Å².